The van der Waals surface area contributed by atoms with Crippen molar-refractivity contribution in [2.75, 3.05) is 6.54 Å². The summed E-state index contributed by atoms with van der Waals surface area (Å²) in [5.41, 5.74) is 2.56. The first-order valence-electron chi connectivity index (χ1n) is 6.17. The Balaban J connectivity index is 2.23. The van der Waals surface area contributed by atoms with Gasteiger partial charge in [-0.1, -0.05) is 28.9 Å². The van der Waals surface area contributed by atoms with Crippen LogP contribution in [0.2, 0.25) is 0 Å². The van der Waals surface area contributed by atoms with Gasteiger partial charge in [-0.3, -0.25) is 0 Å². The minimum Gasteiger partial charge on any atom is -0.349 e. The molecule has 3 nitrogen and oxygen atoms in total. The van der Waals surface area contributed by atoms with Crippen molar-refractivity contribution in [2.45, 2.75) is 26.3 Å². The number of aryl methyl sites for hydroxylation is 1. The highest BCUT2D eigenvalue weighted by atomic mass is 79.9. The van der Waals surface area contributed by atoms with E-state index in [0.29, 0.717) is 0 Å². The van der Waals surface area contributed by atoms with Crippen LogP contribution < -0.4 is 5.32 Å². The number of likely N-dealkylation sites (N-methyl/N-ethyl adjacent to an activating group) is 1. The zero-order chi connectivity index (χ0) is 13.0. The van der Waals surface area contributed by atoms with Crippen LogP contribution in [-0.4, -0.2) is 16.5 Å². The second-order valence-electron chi connectivity index (χ2n) is 4.41. The molecule has 0 amide bonds. The fourth-order valence-corrected chi connectivity index (χ4v) is 2.75. The Morgan fingerprint density at radius 2 is 2.22 bits per heavy atom. The molecule has 1 heterocycles. The van der Waals surface area contributed by atoms with E-state index in [1.165, 1.54) is 11.1 Å². The number of hydrogen-bond donors (Lipinski definition) is 2. The molecule has 0 saturated carbocycles. The largest absolute Gasteiger partial charge is 0.349 e. The minimum atomic E-state index is 0.289. The molecule has 0 saturated heterocycles. The van der Waals surface area contributed by atoms with Gasteiger partial charge in [-0.25, -0.2) is 4.98 Å². The van der Waals surface area contributed by atoms with Gasteiger partial charge in [0, 0.05) is 29.3 Å². The van der Waals surface area contributed by atoms with Gasteiger partial charge in [-0.05, 0) is 36.7 Å². The summed E-state index contributed by atoms with van der Waals surface area (Å²) in [6.07, 6.45) is 4.53. The summed E-state index contributed by atoms with van der Waals surface area (Å²) < 4.78 is 1.12. The Bertz CT molecular complexity index is 473. The summed E-state index contributed by atoms with van der Waals surface area (Å²) >= 11 is 3.56. The predicted molar refractivity (Wildman–Crippen MR) is 77.6 cm³/mol. The van der Waals surface area contributed by atoms with Gasteiger partial charge in [-0.15, -0.1) is 0 Å². The smallest absolute Gasteiger partial charge is 0.107 e. The lowest BCUT2D eigenvalue weighted by atomic mass is 10.0. The third-order valence-corrected chi connectivity index (χ3v) is 3.33. The summed E-state index contributed by atoms with van der Waals surface area (Å²) in [6.45, 7) is 5.18. The summed E-state index contributed by atoms with van der Waals surface area (Å²) in [5, 5.41) is 3.51. The van der Waals surface area contributed by atoms with E-state index in [2.05, 4.69) is 63.3 Å². The van der Waals surface area contributed by atoms with Crippen molar-refractivity contribution in [3.8, 4) is 0 Å². The first kappa shape index (κ1) is 13.3. The van der Waals surface area contributed by atoms with E-state index in [1.807, 2.05) is 6.20 Å². The summed E-state index contributed by atoms with van der Waals surface area (Å²) in [6, 6.07) is 6.81. The molecule has 0 fully saturated rings. The molecule has 96 valence electrons. The fraction of sp³-hybridized carbons (Fsp3) is 0.357. The molecule has 2 rings (SSSR count). The normalized spacial score (nSPS) is 12.6. The molecule has 0 aliphatic carbocycles. The Labute approximate surface area is 116 Å². The first-order chi connectivity index (χ1) is 8.69. The van der Waals surface area contributed by atoms with E-state index in [-0.39, 0.29) is 6.04 Å². The average Bonchev–Trinajstić information content (AvgIpc) is 2.80. The molecular formula is C14H18BrN3. The van der Waals surface area contributed by atoms with E-state index < -0.39 is 0 Å². The number of rotatable bonds is 5. The van der Waals surface area contributed by atoms with Crippen LogP contribution in [-0.2, 0) is 6.42 Å². The molecule has 1 aromatic carbocycles. The zero-order valence-corrected chi connectivity index (χ0v) is 12.3. The number of nitrogens with one attached hydrogen (secondary N) is 2. The topological polar surface area (TPSA) is 40.7 Å². The third-order valence-electron chi connectivity index (χ3n) is 2.87. The van der Waals surface area contributed by atoms with E-state index in [0.717, 1.165) is 23.3 Å². The minimum absolute atomic E-state index is 0.289. The number of imidazole rings is 1. The second kappa shape index (κ2) is 6.16. The maximum Gasteiger partial charge on any atom is 0.107 e. The number of aromatic nitrogens is 2. The number of halogens is 1. The number of benzene rings is 1. The Kier molecular flexibility index (Phi) is 4.55. The third kappa shape index (κ3) is 3.43. The van der Waals surface area contributed by atoms with Crippen LogP contribution >= 0.6 is 15.9 Å². The van der Waals surface area contributed by atoms with Crippen LogP contribution in [0.3, 0.4) is 0 Å². The van der Waals surface area contributed by atoms with Crippen LogP contribution in [0, 0.1) is 6.92 Å². The Morgan fingerprint density at radius 3 is 2.83 bits per heavy atom. The van der Waals surface area contributed by atoms with Gasteiger partial charge in [0.15, 0.2) is 0 Å². The molecule has 1 atom stereocenters. The summed E-state index contributed by atoms with van der Waals surface area (Å²) in [5.74, 6) is 1.01. The van der Waals surface area contributed by atoms with E-state index in [4.69, 9.17) is 0 Å². The van der Waals surface area contributed by atoms with Crippen LogP contribution in [0.15, 0.2) is 35.1 Å². The first-order valence-corrected chi connectivity index (χ1v) is 6.97. The van der Waals surface area contributed by atoms with Gasteiger partial charge in [-0.2, -0.15) is 0 Å². The average molecular weight is 308 g/mol. The molecule has 2 N–H and O–H groups in total. The van der Waals surface area contributed by atoms with Gasteiger partial charge in [0.1, 0.15) is 5.82 Å². The van der Waals surface area contributed by atoms with E-state index >= 15 is 0 Å². The van der Waals surface area contributed by atoms with Crippen molar-refractivity contribution in [1.29, 1.82) is 0 Å². The summed E-state index contributed by atoms with van der Waals surface area (Å²) in [7, 11) is 0. The molecule has 0 aliphatic heterocycles. The quantitative estimate of drug-likeness (QED) is 0.889. The van der Waals surface area contributed by atoms with Crippen molar-refractivity contribution in [1.82, 2.24) is 15.3 Å². The van der Waals surface area contributed by atoms with Gasteiger partial charge in [0.25, 0.3) is 0 Å². The predicted octanol–water partition coefficient (Wildman–Crippen LogP) is 3.37. The molecule has 18 heavy (non-hydrogen) atoms. The number of aromatic amines is 1. The highest BCUT2D eigenvalue weighted by molar-refractivity contribution is 9.10. The van der Waals surface area contributed by atoms with Crippen molar-refractivity contribution < 1.29 is 0 Å². The van der Waals surface area contributed by atoms with E-state index in [9.17, 15) is 0 Å². The lowest BCUT2D eigenvalue weighted by Crippen LogP contribution is -2.23. The molecular weight excluding hydrogens is 290 g/mol. The molecule has 1 unspecified atom stereocenters. The number of nitrogens with zero attached hydrogens (tertiary/aromatic N) is 1. The maximum absolute atomic E-state index is 4.30. The van der Waals surface area contributed by atoms with Crippen LogP contribution in [0.4, 0.5) is 0 Å². The SMILES string of the molecule is CCNC(Cc1ncc[nH]1)c1cc(C)cc(Br)c1. The van der Waals surface area contributed by atoms with Crippen molar-refractivity contribution in [2.24, 2.45) is 0 Å². The molecule has 0 radical (unpaired) electrons. The Morgan fingerprint density at radius 1 is 1.39 bits per heavy atom. The molecule has 0 bridgehead atoms. The maximum atomic E-state index is 4.30. The van der Waals surface area contributed by atoms with Crippen molar-refractivity contribution >= 4 is 15.9 Å². The van der Waals surface area contributed by atoms with Crippen LogP contribution in [0.25, 0.3) is 0 Å². The van der Waals surface area contributed by atoms with Gasteiger partial charge in [0.2, 0.25) is 0 Å². The van der Waals surface area contributed by atoms with Crippen molar-refractivity contribution in [3.63, 3.8) is 0 Å². The van der Waals surface area contributed by atoms with E-state index in [1.54, 1.807) is 6.20 Å². The number of H-pyrrole nitrogens is 1. The number of hydrogen-bond acceptors (Lipinski definition) is 2. The highest BCUT2D eigenvalue weighted by Gasteiger charge is 2.13. The van der Waals surface area contributed by atoms with Crippen LogP contribution in [0.1, 0.15) is 29.9 Å². The summed E-state index contributed by atoms with van der Waals surface area (Å²) in [4.78, 5) is 7.46. The van der Waals surface area contributed by atoms with Gasteiger partial charge in [0.05, 0.1) is 0 Å². The molecule has 0 aliphatic rings. The lowest BCUT2D eigenvalue weighted by Gasteiger charge is -2.18. The Hall–Kier alpha value is -1.13. The van der Waals surface area contributed by atoms with Gasteiger partial charge < -0.3 is 10.3 Å². The standard InChI is InChI=1S/C14H18BrN3/c1-3-16-13(9-14-17-4-5-18-14)11-6-10(2)7-12(15)8-11/h4-8,13,16H,3,9H2,1-2H3,(H,17,18). The monoisotopic (exact) mass is 307 g/mol. The fourth-order valence-electron chi connectivity index (χ4n) is 2.12. The highest BCUT2D eigenvalue weighted by Crippen LogP contribution is 2.22. The zero-order valence-electron chi connectivity index (χ0n) is 10.7. The lowest BCUT2D eigenvalue weighted by molar-refractivity contribution is 0.538. The molecule has 0 spiro atoms. The molecule has 1 aromatic heterocycles. The van der Waals surface area contributed by atoms with Crippen LogP contribution in [0.5, 0.6) is 0 Å². The van der Waals surface area contributed by atoms with Gasteiger partial charge >= 0.3 is 0 Å². The second-order valence-corrected chi connectivity index (χ2v) is 5.33. The van der Waals surface area contributed by atoms with Crippen molar-refractivity contribution in [3.05, 3.63) is 52.0 Å². The molecule has 4 heteroatoms. The molecule has 2 aromatic rings.